The zero-order valence-electron chi connectivity index (χ0n) is 12.0. The van der Waals surface area contributed by atoms with Gasteiger partial charge in [-0.3, -0.25) is 9.59 Å². The molecule has 1 amide bonds. The molecular formula is C17H18N2O2. The standard InChI is InChI=1S/C17H18N2O2/c1-17(10-5-11-17)19-16(21)13-8-9-14(18-15(13)20)12-6-3-2-4-7-12/h2-4,6-9H,5,10-11H2,1H3,(H,18,20)(H,19,21). The number of pyridine rings is 1. The van der Waals surface area contributed by atoms with E-state index >= 15 is 0 Å². The second-order valence-corrected chi connectivity index (χ2v) is 5.85. The van der Waals surface area contributed by atoms with Crippen molar-refractivity contribution < 1.29 is 4.79 Å². The number of H-pyrrole nitrogens is 1. The molecule has 4 heteroatoms. The maximum Gasteiger partial charge on any atom is 0.261 e. The lowest BCUT2D eigenvalue weighted by Gasteiger charge is -2.39. The van der Waals surface area contributed by atoms with Crippen molar-refractivity contribution in [3.8, 4) is 11.3 Å². The third-order valence-corrected chi connectivity index (χ3v) is 4.11. The van der Waals surface area contributed by atoms with Gasteiger partial charge in [0.1, 0.15) is 5.56 Å². The minimum Gasteiger partial charge on any atom is -0.347 e. The normalized spacial score (nSPS) is 16.0. The molecule has 0 aliphatic heterocycles. The number of carbonyl (C=O) groups is 1. The smallest absolute Gasteiger partial charge is 0.261 e. The minimum absolute atomic E-state index is 0.151. The Bertz CT molecular complexity index is 715. The van der Waals surface area contributed by atoms with Crippen LogP contribution >= 0.6 is 0 Å². The topological polar surface area (TPSA) is 62.0 Å². The molecule has 0 radical (unpaired) electrons. The molecule has 1 heterocycles. The Balaban J connectivity index is 1.85. The fraction of sp³-hybridized carbons (Fsp3) is 0.294. The third kappa shape index (κ3) is 2.75. The Morgan fingerprint density at radius 3 is 2.43 bits per heavy atom. The van der Waals surface area contributed by atoms with Crippen LogP contribution in [0.5, 0.6) is 0 Å². The van der Waals surface area contributed by atoms with Gasteiger partial charge in [-0.05, 0) is 43.9 Å². The van der Waals surface area contributed by atoms with E-state index in [2.05, 4.69) is 10.3 Å². The summed E-state index contributed by atoms with van der Waals surface area (Å²) in [7, 11) is 0. The number of aromatic nitrogens is 1. The van der Waals surface area contributed by atoms with Gasteiger partial charge < -0.3 is 10.3 Å². The Hall–Kier alpha value is -2.36. The average molecular weight is 282 g/mol. The third-order valence-electron chi connectivity index (χ3n) is 4.11. The van der Waals surface area contributed by atoms with Crippen LogP contribution < -0.4 is 10.9 Å². The van der Waals surface area contributed by atoms with Gasteiger partial charge in [-0.15, -0.1) is 0 Å². The molecule has 1 fully saturated rings. The van der Waals surface area contributed by atoms with Crippen LogP contribution in [0.3, 0.4) is 0 Å². The number of rotatable bonds is 3. The van der Waals surface area contributed by atoms with E-state index in [1.54, 1.807) is 12.1 Å². The first-order valence-electron chi connectivity index (χ1n) is 7.19. The van der Waals surface area contributed by atoms with Crippen LogP contribution in [0.15, 0.2) is 47.3 Å². The number of carbonyl (C=O) groups excluding carboxylic acids is 1. The van der Waals surface area contributed by atoms with Crippen molar-refractivity contribution in [3.63, 3.8) is 0 Å². The molecule has 0 unspecified atom stereocenters. The van der Waals surface area contributed by atoms with Gasteiger partial charge in [-0.1, -0.05) is 30.3 Å². The molecule has 1 aliphatic carbocycles. The summed E-state index contributed by atoms with van der Waals surface area (Å²) in [6.45, 7) is 2.01. The zero-order valence-corrected chi connectivity index (χ0v) is 12.0. The first kappa shape index (κ1) is 13.6. The number of aromatic amines is 1. The van der Waals surface area contributed by atoms with Gasteiger partial charge in [0, 0.05) is 11.2 Å². The Morgan fingerprint density at radius 1 is 1.14 bits per heavy atom. The molecule has 1 aromatic carbocycles. The lowest BCUT2D eigenvalue weighted by atomic mass is 9.78. The quantitative estimate of drug-likeness (QED) is 0.909. The summed E-state index contributed by atoms with van der Waals surface area (Å²) in [6.07, 6.45) is 3.07. The Labute approximate surface area is 123 Å². The molecule has 2 aromatic rings. The summed E-state index contributed by atoms with van der Waals surface area (Å²) < 4.78 is 0. The molecule has 21 heavy (non-hydrogen) atoms. The van der Waals surface area contributed by atoms with Gasteiger partial charge in [-0.2, -0.15) is 0 Å². The van der Waals surface area contributed by atoms with Gasteiger partial charge in [0.25, 0.3) is 11.5 Å². The van der Waals surface area contributed by atoms with Crippen LogP contribution in [0.2, 0.25) is 0 Å². The summed E-state index contributed by atoms with van der Waals surface area (Å²) in [6, 6.07) is 12.9. The van der Waals surface area contributed by atoms with E-state index in [0.717, 1.165) is 24.8 Å². The van der Waals surface area contributed by atoms with Crippen molar-refractivity contribution in [2.24, 2.45) is 0 Å². The van der Waals surface area contributed by atoms with E-state index in [9.17, 15) is 9.59 Å². The molecule has 3 rings (SSSR count). The molecule has 1 aliphatic rings. The molecule has 1 aromatic heterocycles. The van der Waals surface area contributed by atoms with E-state index in [-0.39, 0.29) is 22.6 Å². The van der Waals surface area contributed by atoms with Crippen LogP contribution in [0.4, 0.5) is 0 Å². The van der Waals surface area contributed by atoms with Crippen molar-refractivity contribution in [2.75, 3.05) is 0 Å². The summed E-state index contributed by atoms with van der Waals surface area (Å²) in [4.78, 5) is 27.1. The highest BCUT2D eigenvalue weighted by Crippen LogP contribution is 2.31. The largest absolute Gasteiger partial charge is 0.347 e. The number of benzene rings is 1. The minimum atomic E-state index is -0.350. The highest BCUT2D eigenvalue weighted by molar-refractivity contribution is 5.94. The summed E-state index contributed by atoms with van der Waals surface area (Å²) in [5.41, 5.74) is 1.31. The SMILES string of the molecule is CC1(NC(=O)c2ccc(-c3ccccc3)[nH]c2=O)CCC1. The maximum absolute atomic E-state index is 12.2. The molecule has 1 saturated carbocycles. The van der Waals surface area contributed by atoms with Crippen molar-refractivity contribution in [1.82, 2.24) is 10.3 Å². The summed E-state index contributed by atoms with van der Waals surface area (Å²) in [5.74, 6) is -0.293. The van der Waals surface area contributed by atoms with Gasteiger partial charge in [-0.25, -0.2) is 0 Å². The second-order valence-electron chi connectivity index (χ2n) is 5.85. The summed E-state index contributed by atoms with van der Waals surface area (Å²) in [5, 5.41) is 2.95. The molecule has 0 bridgehead atoms. The number of nitrogens with one attached hydrogen (secondary N) is 2. The van der Waals surface area contributed by atoms with Gasteiger partial charge in [0.05, 0.1) is 0 Å². The van der Waals surface area contributed by atoms with Crippen LogP contribution in [0.1, 0.15) is 36.5 Å². The van der Waals surface area contributed by atoms with E-state index in [0.29, 0.717) is 5.69 Å². The fourth-order valence-corrected chi connectivity index (χ4v) is 2.61. The van der Waals surface area contributed by atoms with Crippen LogP contribution in [-0.2, 0) is 0 Å². The van der Waals surface area contributed by atoms with Crippen molar-refractivity contribution in [2.45, 2.75) is 31.7 Å². The fourth-order valence-electron chi connectivity index (χ4n) is 2.61. The van der Waals surface area contributed by atoms with E-state index in [1.165, 1.54) is 0 Å². The average Bonchev–Trinajstić information content (AvgIpc) is 2.46. The summed E-state index contributed by atoms with van der Waals surface area (Å²) >= 11 is 0. The molecule has 108 valence electrons. The Kier molecular flexibility index (Phi) is 3.37. The van der Waals surface area contributed by atoms with E-state index < -0.39 is 0 Å². The number of amides is 1. The van der Waals surface area contributed by atoms with Gasteiger partial charge >= 0.3 is 0 Å². The van der Waals surface area contributed by atoms with Crippen molar-refractivity contribution >= 4 is 5.91 Å². The molecular weight excluding hydrogens is 264 g/mol. The second kappa shape index (κ2) is 5.20. The predicted molar refractivity (Wildman–Crippen MR) is 82.2 cm³/mol. The monoisotopic (exact) mass is 282 g/mol. The van der Waals surface area contributed by atoms with E-state index in [4.69, 9.17) is 0 Å². The molecule has 4 nitrogen and oxygen atoms in total. The van der Waals surface area contributed by atoms with Crippen LogP contribution in [0, 0.1) is 0 Å². The molecule has 0 atom stereocenters. The molecule has 2 N–H and O–H groups in total. The molecule has 0 spiro atoms. The predicted octanol–water partition coefficient (Wildman–Crippen LogP) is 2.71. The lowest BCUT2D eigenvalue weighted by molar-refractivity contribution is 0.0849. The van der Waals surface area contributed by atoms with Gasteiger partial charge in [0.15, 0.2) is 0 Å². The van der Waals surface area contributed by atoms with Gasteiger partial charge in [0.2, 0.25) is 0 Å². The first-order chi connectivity index (χ1) is 10.1. The highest BCUT2D eigenvalue weighted by Gasteiger charge is 2.33. The highest BCUT2D eigenvalue weighted by atomic mass is 16.2. The maximum atomic E-state index is 12.2. The Morgan fingerprint density at radius 2 is 1.86 bits per heavy atom. The first-order valence-corrected chi connectivity index (χ1v) is 7.19. The van der Waals surface area contributed by atoms with Crippen molar-refractivity contribution in [1.29, 1.82) is 0 Å². The van der Waals surface area contributed by atoms with Crippen molar-refractivity contribution in [3.05, 3.63) is 58.4 Å². The number of hydrogen-bond donors (Lipinski definition) is 2. The lowest BCUT2D eigenvalue weighted by Crippen LogP contribution is -2.51. The van der Waals surface area contributed by atoms with Crippen LogP contribution in [0.25, 0.3) is 11.3 Å². The van der Waals surface area contributed by atoms with Crippen LogP contribution in [-0.4, -0.2) is 16.4 Å². The number of hydrogen-bond acceptors (Lipinski definition) is 2. The molecule has 0 saturated heterocycles. The zero-order chi connectivity index (χ0) is 14.9. The van der Waals surface area contributed by atoms with E-state index in [1.807, 2.05) is 37.3 Å².